The van der Waals surface area contributed by atoms with E-state index >= 15 is 0 Å². The van der Waals surface area contributed by atoms with Gasteiger partial charge in [-0.2, -0.15) is 0 Å². The molecule has 168 valence electrons. The summed E-state index contributed by atoms with van der Waals surface area (Å²) in [5.41, 5.74) is 2.36. The number of ether oxygens (including phenoxy) is 3. The molecule has 1 heterocycles. The van der Waals surface area contributed by atoms with E-state index in [1.807, 2.05) is 31.2 Å². The second-order valence-corrected chi connectivity index (χ2v) is 6.97. The third-order valence-corrected chi connectivity index (χ3v) is 4.81. The topological polar surface area (TPSA) is 43.0 Å². The van der Waals surface area contributed by atoms with Crippen molar-refractivity contribution >= 4 is 24.8 Å². The number of halogens is 2. The van der Waals surface area contributed by atoms with Gasteiger partial charge in [-0.25, -0.2) is 0 Å². The Kier molecular flexibility index (Phi) is 13.6. The molecule has 3 rings (SSSR count). The number of hydrogen-bond donors (Lipinski definition) is 1. The molecule has 1 saturated heterocycles. The first-order valence-electron chi connectivity index (χ1n) is 10.3. The molecule has 0 aromatic heterocycles. The summed E-state index contributed by atoms with van der Waals surface area (Å²) < 4.78 is 17.2. The van der Waals surface area contributed by atoms with E-state index in [2.05, 4.69) is 34.5 Å². The molecule has 0 atom stereocenters. The molecule has 1 N–H and O–H groups in total. The molecule has 0 bridgehead atoms. The SMILES string of the molecule is CCOc1cc(CNCCCN2CCOCC2)ccc1OCc1ccccc1.Cl.Cl. The second-order valence-electron chi connectivity index (χ2n) is 6.97. The van der Waals surface area contributed by atoms with Crippen molar-refractivity contribution in [2.24, 2.45) is 0 Å². The summed E-state index contributed by atoms with van der Waals surface area (Å²) in [5, 5.41) is 3.53. The second kappa shape index (κ2) is 15.3. The van der Waals surface area contributed by atoms with Gasteiger partial charge in [0.05, 0.1) is 19.8 Å². The van der Waals surface area contributed by atoms with E-state index in [4.69, 9.17) is 14.2 Å². The zero-order valence-corrected chi connectivity index (χ0v) is 19.3. The summed E-state index contributed by atoms with van der Waals surface area (Å²) in [6.07, 6.45) is 1.15. The van der Waals surface area contributed by atoms with Crippen molar-refractivity contribution in [3.05, 3.63) is 59.7 Å². The minimum Gasteiger partial charge on any atom is -0.490 e. The van der Waals surface area contributed by atoms with Gasteiger partial charge < -0.3 is 19.5 Å². The van der Waals surface area contributed by atoms with Gasteiger partial charge in [0, 0.05) is 19.6 Å². The average Bonchev–Trinajstić information content (AvgIpc) is 2.74. The van der Waals surface area contributed by atoms with Crippen LogP contribution in [-0.4, -0.2) is 50.9 Å². The molecule has 0 amide bonds. The van der Waals surface area contributed by atoms with Gasteiger partial charge in [-0.05, 0) is 49.7 Å². The summed E-state index contributed by atoms with van der Waals surface area (Å²) in [4.78, 5) is 2.47. The Balaban J connectivity index is 0.00000225. The zero-order valence-electron chi connectivity index (χ0n) is 17.7. The van der Waals surface area contributed by atoms with Crippen LogP contribution in [0.1, 0.15) is 24.5 Å². The van der Waals surface area contributed by atoms with E-state index in [9.17, 15) is 0 Å². The molecule has 30 heavy (non-hydrogen) atoms. The smallest absolute Gasteiger partial charge is 0.161 e. The van der Waals surface area contributed by atoms with Crippen LogP contribution in [0, 0.1) is 0 Å². The molecular weight excluding hydrogens is 423 g/mol. The van der Waals surface area contributed by atoms with Gasteiger partial charge in [0.15, 0.2) is 11.5 Å². The molecular formula is C23H34Cl2N2O3. The number of nitrogens with one attached hydrogen (secondary N) is 1. The highest BCUT2D eigenvalue weighted by molar-refractivity contribution is 5.85. The molecule has 1 aliphatic rings. The molecule has 2 aromatic carbocycles. The van der Waals surface area contributed by atoms with Crippen LogP contribution in [0.5, 0.6) is 11.5 Å². The first-order valence-corrected chi connectivity index (χ1v) is 10.3. The number of rotatable bonds is 11. The van der Waals surface area contributed by atoms with E-state index in [1.165, 1.54) is 5.56 Å². The number of morpholine rings is 1. The molecule has 2 aromatic rings. The van der Waals surface area contributed by atoms with Crippen LogP contribution in [0.4, 0.5) is 0 Å². The average molecular weight is 457 g/mol. The summed E-state index contributed by atoms with van der Waals surface area (Å²) in [5.74, 6) is 1.60. The maximum atomic E-state index is 5.98. The fourth-order valence-corrected chi connectivity index (χ4v) is 3.27. The fourth-order valence-electron chi connectivity index (χ4n) is 3.27. The van der Waals surface area contributed by atoms with E-state index in [1.54, 1.807) is 0 Å². The lowest BCUT2D eigenvalue weighted by molar-refractivity contribution is 0.0374. The molecule has 5 nitrogen and oxygen atoms in total. The van der Waals surface area contributed by atoms with Gasteiger partial charge >= 0.3 is 0 Å². The summed E-state index contributed by atoms with van der Waals surface area (Å²) in [6.45, 7) is 9.99. The van der Waals surface area contributed by atoms with Crippen LogP contribution in [0.2, 0.25) is 0 Å². The normalized spacial score (nSPS) is 13.8. The Bertz CT molecular complexity index is 698. The molecule has 0 unspecified atom stereocenters. The molecule has 0 radical (unpaired) electrons. The predicted molar refractivity (Wildman–Crippen MR) is 126 cm³/mol. The van der Waals surface area contributed by atoms with Gasteiger partial charge in [0.25, 0.3) is 0 Å². The molecule has 7 heteroatoms. The lowest BCUT2D eigenvalue weighted by Crippen LogP contribution is -2.37. The van der Waals surface area contributed by atoms with E-state index < -0.39 is 0 Å². The Hall–Kier alpha value is -1.50. The summed E-state index contributed by atoms with van der Waals surface area (Å²) >= 11 is 0. The number of nitrogens with zero attached hydrogens (tertiary/aromatic N) is 1. The van der Waals surface area contributed by atoms with Crippen LogP contribution in [-0.2, 0) is 17.9 Å². The molecule has 1 aliphatic heterocycles. The highest BCUT2D eigenvalue weighted by atomic mass is 35.5. The summed E-state index contributed by atoms with van der Waals surface area (Å²) in [6, 6.07) is 16.4. The van der Waals surface area contributed by atoms with E-state index in [0.717, 1.165) is 69.4 Å². The van der Waals surface area contributed by atoms with E-state index in [0.29, 0.717) is 13.2 Å². The van der Waals surface area contributed by atoms with E-state index in [-0.39, 0.29) is 24.8 Å². The van der Waals surface area contributed by atoms with Gasteiger partial charge in [-0.15, -0.1) is 24.8 Å². The largest absolute Gasteiger partial charge is 0.490 e. The van der Waals surface area contributed by atoms with Crippen LogP contribution in [0.25, 0.3) is 0 Å². The minimum absolute atomic E-state index is 0. The van der Waals surface area contributed by atoms with Gasteiger partial charge in [0.2, 0.25) is 0 Å². The molecule has 1 fully saturated rings. The first kappa shape index (κ1) is 26.5. The number of hydrogen-bond acceptors (Lipinski definition) is 5. The van der Waals surface area contributed by atoms with Crippen molar-refractivity contribution in [3.8, 4) is 11.5 Å². The molecule has 0 saturated carbocycles. The van der Waals surface area contributed by atoms with Crippen LogP contribution in [0.3, 0.4) is 0 Å². The van der Waals surface area contributed by atoms with Crippen molar-refractivity contribution in [2.45, 2.75) is 26.5 Å². The highest BCUT2D eigenvalue weighted by Gasteiger charge is 2.10. The van der Waals surface area contributed by atoms with Gasteiger partial charge in [-0.1, -0.05) is 36.4 Å². The quantitative estimate of drug-likeness (QED) is 0.509. The first-order chi connectivity index (χ1) is 13.8. The van der Waals surface area contributed by atoms with Crippen molar-refractivity contribution in [3.63, 3.8) is 0 Å². The monoisotopic (exact) mass is 456 g/mol. The van der Waals surface area contributed by atoms with Crippen molar-refractivity contribution in [1.29, 1.82) is 0 Å². The molecule has 0 spiro atoms. The molecule has 0 aliphatic carbocycles. The Morgan fingerprint density at radius 3 is 2.43 bits per heavy atom. The maximum absolute atomic E-state index is 5.98. The van der Waals surface area contributed by atoms with Gasteiger partial charge in [0.1, 0.15) is 6.61 Å². The van der Waals surface area contributed by atoms with Crippen molar-refractivity contribution < 1.29 is 14.2 Å². The van der Waals surface area contributed by atoms with Crippen LogP contribution < -0.4 is 14.8 Å². The highest BCUT2D eigenvalue weighted by Crippen LogP contribution is 2.29. The van der Waals surface area contributed by atoms with Crippen molar-refractivity contribution in [1.82, 2.24) is 10.2 Å². The van der Waals surface area contributed by atoms with Crippen LogP contribution >= 0.6 is 24.8 Å². The lowest BCUT2D eigenvalue weighted by atomic mass is 10.2. The third kappa shape index (κ3) is 9.11. The number of benzene rings is 2. The Morgan fingerprint density at radius 1 is 0.933 bits per heavy atom. The van der Waals surface area contributed by atoms with Crippen molar-refractivity contribution in [2.75, 3.05) is 46.0 Å². The predicted octanol–water partition coefficient (Wildman–Crippen LogP) is 4.32. The minimum atomic E-state index is 0. The maximum Gasteiger partial charge on any atom is 0.161 e. The Morgan fingerprint density at radius 2 is 1.70 bits per heavy atom. The lowest BCUT2D eigenvalue weighted by Gasteiger charge is -2.26. The zero-order chi connectivity index (χ0) is 19.4. The van der Waals surface area contributed by atoms with Crippen LogP contribution in [0.15, 0.2) is 48.5 Å². The third-order valence-electron chi connectivity index (χ3n) is 4.81. The standard InChI is InChI=1S/C23H32N2O3.2ClH/c1-2-27-23-17-21(18-24-11-6-12-25-13-15-26-16-14-25)9-10-22(23)28-19-20-7-4-3-5-8-20;;/h3-5,7-10,17,24H,2,6,11-16,18-19H2,1H3;2*1H. The van der Waals surface area contributed by atoms with Gasteiger partial charge in [-0.3, -0.25) is 4.90 Å². The fraction of sp³-hybridized carbons (Fsp3) is 0.478. The Labute approximate surface area is 192 Å². The summed E-state index contributed by atoms with van der Waals surface area (Å²) in [7, 11) is 0.